The Labute approximate surface area is 248 Å². The lowest BCUT2D eigenvalue weighted by atomic mass is 10.1. The third-order valence-corrected chi connectivity index (χ3v) is 6.63. The quantitative estimate of drug-likeness (QED) is 0.0795. The number of hydrogen-bond donors (Lipinski definition) is 3. The number of carbonyl (C=O) groups is 3. The van der Waals surface area contributed by atoms with E-state index in [0.29, 0.717) is 4.90 Å². The van der Waals surface area contributed by atoms with Crippen molar-refractivity contribution in [1.82, 2.24) is 5.32 Å². The highest BCUT2D eigenvalue weighted by atomic mass is 32.2. The van der Waals surface area contributed by atoms with E-state index in [-0.39, 0.29) is 22.7 Å². The van der Waals surface area contributed by atoms with Crippen molar-refractivity contribution in [1.29, 1.82) is 0 Å². The fourth-order valence-corrected chi connectivity index (χ4v) is 4.39. The molecule has 3 aromatic carbocycles. The summed E-state index contributed by atoms with van der Waals surface area (Å²) in [4.78, 5) is 38.3. The van der Waals surface area contributed by atoms with Crippen molar-refractivity contribution in [2.75, 3.05) is 16.4 Å². The van der Waals surface area contributed by atoms with Crippen LogP contribution in [0.1, 0.15) is 21.7 Å². The molecule has 0 unspecified atom stereocenters. The third kappa shape index (κ3) is 7.66. The average Bonchev–Trinajstić information content (AvgIpc) is 3.50. The smallest absolute Gasteiger partial charge is 0.422 e. The van der Waals surface area contributed by atoms with Gasteiger partial charge in [0, 0.05) is 22.2 Å². The highest BCUT2D eigenvalue weighted by molar-refractivity contribution is 8.00. The minimum atomic E-state index is -5.72. The molecule has 1 aromatic heterocycles. The number of halogens is 7. The minimum absolute atomic E-state index is 0.175. The van der Waals surface area contributed by atoms with Gasteiger partial charge >= 0.3 is 6.18 Å². The van der Waals surface area contributed by atoms with Gasteiger partial charge in [-0.25, -0.2) is 17.6 Å². The number of alkyl halides is 3. The van der Waals surface area contributed by atoms with Crippen LogP contribution in [-0.2, 0) is 15.8 Å². The topological polar surface area (TPSA) is 100 Å². The first kappa shape index (κ1) is 31.9. The predicted molar refractivity (Wildman–Crippen MR) is 146 cm³/mol. The fourth-order valence-electron chi connectivity index (χ4n) is 3.63. The van der Waals surface area contributed by atoms with Gasteiger partial charge in [0.25, 0.3) is 11.8 Å². The summed E-state index contributed by atoms with van der Waals surface area (Å²) in [5.41, 5.74) is -4.17. The lowest BCUT2D eigenvalue weighted by Crippen LogP contribution is -2.30. The second-order valence-electron chi connectivity index (χ2n) is 8.72. The van der Waals surface area contributed by atoms with Crippen LogP contribution in [0.3, 0.4) is 0 Å². The molecule has 15 heteroatoms. The van der Waals surface area contributed by atoms with Crippen LogP contribution >= 0.6 is 11.8 Å². The molecule has 4 rings (SSSR count). The van der Waals surface area contributed by atoms with E-state index >= 15 is 0 Å². The molecule has 1 heterocycles. The van der Waals surface area contributed by atoms with Gasteiger partial charge in [-0.15, -0.1) is 11.8 Å². The van der Waals surface area contributed by atoms with Gasteiger partial charge in [-0.05, 0) is 42.5 Å². The van der Waals surface area contributed by atoms with Gasteiger partial charge < -0.3 is 20.4 Å². The van der Waals surface area contributed by atoms with E-state index in [1.165, 1.54) is 36.6 Å². The number of hydrogen-bond acceptors (Lipinski definition) is 5. The number of carbonyl (C=O) groups excluding carboxylic acids is 3. The highest BCUT2D eigenvalue weighted by Crippen LogP contribution is 2.38. The van der Waals surface area contributed by atoms with E-state index < -0.39 is 64.2 Å². The maximum atomic E-state index is 14.1. The number of nitrogens with one attached hydrogen (secondary N) is 3. The summed E-state index contributed by atoms with van der Waals surface area (Å²) in [6.45, 7) is 0. The van der Waals surface area contributed by atoms with E-state index in [2.05, 4.69) is 10.6 Å². The summed E-state index contributed by atoms with van der Waals surface area (Å²) < 4.78 is 99.5. The number of thioether (sulfide) groups is 1. The van der Waals surface area contributed by atoms with Crippen molar-refractivity contribution in [3.63, 3.8) is 0 Å². The molecular formula is C29H18F7N3O4S. The van der Waals surface area contributed by atoms with E-state index in [9.17, 15) is 45.1 Å². The first-order valence-corrected chi connectivity index (χ1v) is 13.2. The fraction of sp³-hybridized carbons (Fsp3) is 0.0690. The zero-order valence-electron chi connectivity index (χ0n) is 21.9. The molecule has 4 aromatic rings. The Bertz CT molecular complexity index is 1700. The number of anilines is 2. The average molecular weight is 638 g/mol. The normalized spacial score (nSPS) is 11.7. The zero-order chi connectivity index (χ0) is 32.0. The van der Waals surface area contributed by atoms with E-state index in [1.807, 2.05) is 0 Å². The maximum absolute atomic E-state index is 14.1. The molecule has 3 N–H and O–H groups in total. The lowest BCUT2D eigenvalue weighted by Gasteiger charge is -2.14. The first-order valence-electron chi connectivity index (χ1n) is 12.2. The van der Waals surface area contributed by atoms with Gasteiger partial charge in [0.15, 0.2) is 23.3 Å². The molecule has 0 aliphatic heterocycles. The first-order chi connectivity index (χ1) is 20.8. The van der Waals surface area contributed by atoms with Crippen molar-refractivity contribution in [3.05, 3.63) is 119 Å². The Kier molecular flexibility index (Phi) is 9.78. The molecule has 228 valence electrons. The predicted octanol–water partition coefficient (Wildman–Crippen LogP) is 7.00. The summed E-state index contributed by atoms with van der Waals surface area (Å²) in [6, 6.07) is 17.1. The minimum Gasteiger partial charge on any atom is -0.465 e. The molecule has 0 aliphatic rings. The summed E-state index contributed by atoms with van der Waals surface area (Å²) in [5.74, 6) is -13.1. The number of furan rings is 1. The van der Waals surface area contributed by atoms with Gasteiger partial charge in [0.2, 0.25) is 5.91 Å². The molecule has 0 aliphatic carbocycles. The second kappa shape index (κ2) is 13.5. The molecule has 0 atom stereocenters. The molecule has 0 radical (unpaired) electrons. The van der Waals surface area contributed by atoms with Crippen LogP contribution in [0.2, 0.25) is 0 Å². The monoisotopic (exact) mass is 637 g/mol. The summed E-state index contributed by atoms with van der Waals surface area (Å²) in [7, 11) is 0. The molecule has 3 amide bonds. The highest BCUT2D eigenvalue weighted by Gasteiger charge is 2.42. The summed E-state index contributed by atoms with van der Waals surface area (Å²) in [5, 5.41) is 6.63. The zero-order valence-corrected chi connectivity index (χ0v) is 22.7. The molecule has 7 nitrogen and oxygen atoms in total. The van der Waals surface area contributed by atoms with Crippen LogP contribution in [0.4, 0.5) is 42.1 Å². The van der Waals surface area contributed by atoms with Crippen molar-refractivity contribution in [2.45, 2.75) is 11.1 Å². The Balaban J connectivity index is 1.44. The molecule has 44 heavy (non-hydrogen) atoms. The third-order valence-electron chi connectivity index (χ3n) is 5.63. The molecule has 0 bridgehead atoms. The van der Waals surface area contributed by atoms with E-state index in [0.717, 1.165) is 11.8 Å². The number of amides is 3. The van der Waals surface area contributed by atoms with Gasteiger partial charge in [0.1, 0.15) is 22.7 Å². The molecule has 0 spiro atoms. The SMILES string of the molecule is O=C(CSc1cccc(NC(=O)/C(=C/c2ccco2)NC(=O)c2ccccc2)c1)Nc1c(F)c(F)c(C(F)(F)F)c(F)c1F. The molecule has 0 saturated heterocycles. The van der Waals surface area contributed by atoms with Crippen LogP contribution in [0.5, 0.6) is 0 Å². The summed E-state index contributed by atoms with van der Waals surface area (Å²) >= 11 is 0.762. The largest absolute Gasteiger partial charge is 0.465 e. The van der Waals surface area contributed by atoms with Crippen molar-refractivity contribution in [2.24, 2.45) is 0 Å². The van der Waals surface area contributed by atoms with Crippen molar-refractivity contribution in [3.8, 4) is 0 Å². The van der Waals surface area contributed by atoms with E-state index in [4.69, 9.17) is 4.42 Å². The van der Waals surface area contributed by atoms with E-state index in [1.54, 1.807) is 47.8 Å². The van der Waals surface area contributed by atoms with Gasteiger partial charge in [-0.3, -0.25) is 14.4 Å². The van der Waals surface area contributed by atoms with Gasteiger partial charge in [0.05, 0.1) is 12.0 Å². The van der Waals surface area contributed by atoms with Crippen LogP contribution < -0.4 is 16.0 Å². The molecule has 0 fully saturated rings. The standard InChI is InChI=1S/C29H18F7N3O4S/c30-22-21(29(34,35)36)23(31)25(33)26(24(22)32)39-20(40)14-44-18-10-4-8-16(12-18)37-28(42)19(13-17-9-5-11-43-17)38-27(41)15-6-2-1-3-7-15/h1-13H,14H2,(H,37,42)(H,38,41)(H,39,40)/b19-13-. The number of rotatable bonds is 9. The lowest BCUT2D eigenvalue weighted by molar-refractivity contribution is -0.143. The van der Waals surface area contributed by atoms with Crippen LogP contribution in [0.15, 0.2) is 88.0 Å². The number of benzene rings is 3. The summed E-state index contributed by atoms with van der Waals surface area (Å²) in [6.07, 6.45) is -3.06. The van der Waals surface area contributed by atoms with Crippen LogP contribution in [-0.4, -0.2) is 23.5 Å². The van der Waals surface area contributed by atoms with Gasteiger partial charge in [-0.2, -0.15) is 13.2 Å². The second-order valence-corrected chi connectivity index (χ2v) is 9.76. The van der Waals surface area contributed by atoms with Crippen molar-refractivity contribution >= 4 is 46.9 Å². The Morgan fingerprint density at radius 3 is 2.11 bits per heavy atom. The van der Waals surface area contributed by atoms with Gasteiger partial charge in [-0.1, -0.05) is 24.3 Å². The Morgan fingerprint density at radius 2 is 1.50 bits per heavy atom. The Morgan fingerprint density at radius 1 is 0.818 bits per heavy atom. The van der Waals surface area contributed by atoms with Crippen LogP contribution in [0.25, 0.3) is 6.08 Å². The molecule has 0 saturated carbocycles. The molecular weight excluding hydrogens is 619 g/mol. The van der Waals surface area contributed by atoms with Crippen LogP contribution in [0, 0.1) is 23.3 Å². The van der Waals surface area contributed by atoms with Crippen molar-refractivity contribution < 1.29 is 49.5 Å². The maximum Gasteiger partial charge on any atom is 0.422 e. The Hall–Kier alpha value is -5.05.